The van der Waals surface area contributed by atoms with E-state index in [1.165, 1.54) is 16.5 Å². The van der Waals surface area contributed by atoms with Crippen molar-refractivity contribution in [1.82, 2.24) is 19.4 Å². The fraction of sp³-hybridized carbons (Fsp3) is 0.312. The summed E-state index contributed by atoms with van der Waals surface area (Å²) in [5, 5.41) is 4.59. The number of fused-ring (bicyclic) bond motifs is 1. The lowest BCUT2D eigenvalue weighted by Gasteiger charge is -2.05. The number of para-hydroxylation sites is 1. The highest BCUT2D eigenvalue weighted by Gasteiger charge is 2.06. The van der Waals surface area contributed by atoms with E-state index in [2.05, 4.69) is 49.9 Å². The highest BCUT2D eigenvalue weighted by Crippen LogP contribution is 2.21. The van der Waals surface area contributed by atoms with Crippen LogP contribution in [0.5, 0.6) is 0 Å². The third kappa shape index (κ3) is 2.60. The predicted molar refractivity (Wildman–Crippen MR) is 81.5 cm³/mol. The second-order valence-electron chi connectivity index (χ2n) is 5.05. The van der Waals surface area contributed by atoms with E-state index in [1.807, 2.05) is 25.8 Å². The van der Waals surface area contributed by atoms with Crippen molar-refractivity contribution in [2.45, 2.75) is 26.1 Å². The molecule has 0 fully saturated rings. The Morgan fingerprint density at radius 1 is 1.20 bits per heavy atom. The van der Waals surface area contributed by atoms with Crippen LogP contribution >= 0.6 is 0 Å². The third-order valence-electron chi connectivity index (χ3n) is 3.61. The van der Waals surface area contributed by atoms with Crippen LogP contribution in [0, 0.1) is 0 Å². The van der Waals surface area contributed by atoms with Crippen molar-refractivity contribution >= 4 is 10.9 Å². The lowest BCUT2D eigenvalue weighted by molar-refractivity contribution is 0.572. The maximum Gasteiger partial charge on any atom is 0.0945 e. The quantitative estimate of drug-likeness (QED) is 0.746. The van der Waals surface area contributed by atoms with Crippen LogP contribution in [-0.4, -0.2) is 21.2 Å². The Kier molecular flexibility index (Phi) is 3.83. The normalized spacial score (nSPS) is 11.2. The summed E-state index contributed by atoms with van der Waals surface area (Å²) >= 11 is 0. The molecule has 0 unspecified atom stereocenters. The minimum atomic E-state index is 0.912. The average Bonchev–Trinajstić information content (AvgIpc) is 3.09. The van der Waals surface area contributed by atoms with Gasteiger partial charge in [0.1, 0.15) is 0 Å². The van der Waals surface area contributed by atoms with Crippen LogP contribution < -0.4 is 5.32 Å². The van der Waals surface area contributed by atoms with Crippen molar-refractivity contribution in [3.63, 3.8) is 0 Å². The van der Waals surface area contributed by atoms with E-state index < -0.39 is 0 Å². The van der Waals surface area contributed by atoms with E-state index >= 15 is 0 Å². The van der Waals surface area contributed by atoms with E-state index in [-0.39, 0.29) is 0 Å². The van der Waals surface area contributed by atoms with Crippen LogP contribution in [-0.2, 0) is 19.6 Å². The van der Waals surface area contributed by atoms with E-state index in [0.717, 1.165) is 26.1 Å². The fourth-order valence-corrected chi connectivity index (χ4v) is 2.68. The molecular weight excluding hydrogens is 248 g/mol. The Bertz CT molecular complexity index is 667. The van der Waals surface area contributed by atoms with Crippen molar-refractivity contribution in [2.75, 3.05) is 7.05 Å². The molecule has 3 aromatic rings. The first kappa shape index (κ1) is 12.9. The molecule has 4 heteroatoms. The van der Waals surface area contributed by atoms with Gasteiger partial charge in [-0.05, 0) is 25.1 Å². The maximum absolute atomic E-state index is 4.07. The molecule has 4 nitrogen and oxygen atoms in total. The van der Waals surface area contributed by atoms with Crippen molar-refractivity contribution in [3.05, 3.63) is 54.7 Å². The number of nitrogens with one attached hydrogen (secondary N) is 1. The smallest absolute Gasteiger partial charge is 0.0945 e. The molecule has 0 radical (unpaired) electrons. The Morgan fingerprint density at radius 3 is 2.90 bits per heavy atom. The molecule has 0 aliphatic heterocycles. The van der Waals surface area contributed by atoms with Gasteiger partial charge in [-0.15, -0.1) is 0 Å². The van der Waals surface area contributed by atoms with Gasteiger partial charge in [0.15, 0.2) is 0 Å². The lowest BCUT2D eigenvalue weighted by Crippen LogP contribution is -2.04. The minimum absolute atomic E-state index is 0.912. The number of hydrogen-bond donors (Lipinski definition) is 1. The van der Waals surface area contributed by atoms with Gasteiger partial charge in [-0.1, -0.05) is 18.2 Å². The van der Waals surface area contributed by atoms with Crippen LogP contribution in [0.25, 0.3) is 10.9 Å². The molecule has 0 bridgehead atoms. The molecule has 0 spiro atoms. The van der Waals surface area contributed by atoms with E-state index in [1.54, 1.807) is 0 Å². The van der Waals surface area contributed by atoms with Crippen LogP contribution in [0.1, 0.15) is 12.0 Å². The summed E-state index contributed by atoms with van der Waals surface area (Å²) in [6.45, 7) is 2.95. The predicted octanol–water partition coefficient (Wildman–Crippen LogP) is 2.65. The van der Waals surface area contributed by atoms with Crippen molar-refractivity contribution in [3.8, 4) is 0 Å². The van der Waals surface area contributed by atoms with Gasteiger partial charge < -0.3 is 14.5 Å². The molecule has 0 saturated carbocycles. The number of imidazole rings is 1. The molecule has 20 heavy (non-hydrogen) atoms. The van der Waals surface area contributed by atoms with Gasteiger partial charge in [0.05, 0.1) is 6.33 Å². The van der Waals surface area contributed by atoms with Gasteiger partial charge in [-0.25, -0.2) is 4.98 Å². The molecule has 0 atom stereocenters. The molecular formula is C16H20N4. The Morgan fingerprint density at radius 2 is 2.10 bits per heavy atom. The topological polar surface area (TPSA) is 34.8 Å². The second kappa shape index (κ2) is 5.92. The van der Waals surface area contributed by atoms with E-state index in [4.69, 9.17) is 0 Å². The zero-order valence-electron chi connectivity index (χ0n) is 11.8. The summed E-state index contributed by atoms with van der Waals surface area (Å²) in [7, 11) is 1.99. The Hall–Kier alpha value is -2.07. The van der Waals surface area contributed by atoms with Gasteiger partial charge in [0.2, 0.25) is 0 Å². The van der Waals surface area contributed by atoms with Crippen molar-refractivity contribution < 1.29 is 0 Å². The summed E-state index contributed by atoms with van der Waals surface area (Å²) in [5.41, 5.74) is 2.69. The van der Waals surface area contributed by atoms with Crippen molar-refractivity contribution in [2.24, 2.45) is 0 Å². The van der Waals surface area contributed by atoms with Gasteiger partial charge in [-0.3, -0.25) is 0 Å². The molecule has 1 aromatic carbocycles. The number of hydrogen-bond acceptors (Lipinski definition) is 2. The van der Waals surface area contributed by atoms with Crippen LogP contribution in [0.4, 0.5) is 0 Å². The average molecular weight is 268 g/mol. The van der Waals surface area contributed by atoms with Gasteiger partial charge in [0, 0.05) is 49.1 Å². The Balaban J connectivity index is 1.77. The first-order chi connectivity index (χ1) is 9.88. The summed E-state index contributed by atoms with van der Waals surface area (Å²) in [5.74, 6) is 0. The summed E-state index contributed by atoms with van der Waals surface area (Å²) in [4.78, 5) is 4.07. The molecule has 0 saturated heterocycles. The second-order valence-corrected chi connectivity index (χ2v) is 5.05. The number of rotatable bonds is 6. The molecule has 104 valence electrons. The molecule has 0 amide bonds. The van der Waals surface area contributed by atoms with Crippen molar-refractivity contribution in [1.29, 1.82) is 0 Å². The number of aryl methyl sites for hydroxylation is 2. The van der Waals surface area contributed by atoms with Gasteiger partial charge in [0.25, 0.3) is 0 Å². The SMILES string of the molecule is CNCc1cn(CCCn2ccnc2)c2ccccc12. The standard InChI is InChI=1S/C16H20N4/c1-17-11-14-12-20(16-6-3-2-5-15(14)16)9-4-8-19-10-7-18-13-19/h2-3,5-7,10,12-13,17H,4,8-9,11H2,1H3. The lowest BCUT2D eigenvalue weighted by atomic mass is 10.2. The van der Waals surface area contributed by atoms with Crippen LogP contribution in [0.2, 0.25) is 0 Å². The molecule has 2 heterocycles. The van der Waals surface area contributed by atoms with Crippen LogP contribution in [0.3, 0.4) is 0 Å². The monoisotopic (exact) mass is 268 g/mol. The van der Waals surface area contributed by atoms with E-state index in [9.17, 15) is 0 Å². The van der Waals surface area contributed by atoms with Gasteiger partial charge >= 0.3 is 0 Å². The highest BCUT2D eigenvalue weighted by atomic mass is 15.0. The zero-order chi connectivity index (χ0) is 13.8. The van der Waals surface area contributed by atoms with E-state index in [0.29, 0.717) is 0 Å². The minimum Gasteiger partial charge on any atom is -0.347 e. The van der Waals surface area contributed by atoms with Crippen LogP contribution in [0.15, 0.2) is 49.2 Å². The largest absolute Gasteiger partial charge is 0.347 e. The third-order valence-corrected chi connectivity index (χ3v) is 3.61. The molecule has 0 aliphatic carbocycles. The summed E-state index contributed by atoms with van der Waals surface area (Å²) < 4.78 is 4.49. The first-order valence-corrected chi connectivity index (χ1v) is 7.05. The summed E-state index contributed by atoms with van der Waals surface area (Å²) in [6, 6.07) is 8.62. The highest BCUT2D eigenvalue weighted by molar-refractivity contribution is 5.83. The Labute approximate surface area is 119 Å². The number of nitrogens with zero attached hydrogens (tertiary/aromatic N) is 3. The summed E-state index contributed by atoms with van der Waals surface area (Å²) in [6.07, 6.45) is 9.10. The molecule has 3 rings (SSSR count). The maximum atomic E-state index is 4.07. The molecule has 1 N–H and O–H groups in total. The zero-order valence-corrected chi connectivity index (χ0v) is 11.8. The molecule has 2 aromatic heterocycles. The molecule has 0 aliphatic rings. The number of aromatic nitrogens is 3. The first-order valence-electron chi connectivity index (χ1n) is 7.05. The fourth-order valence-electron chi connectivity index (χ4n) is 2.68. The number of benzene rings is 1. The van der Waals surface area contributed by atoms with Gasteiger partial charge in [-0.2, -0.15) is 0 Å².